The van der Waals surface area contributed by atoms with Crippen LogP contribution in [0.2, 0.25) is 0 Å². The topological polar surface area (TPSA) is 104 Å². The van der Waals surface area contributed by atoms with E-state index in [0.717, 1.165) is 35.5 Å². The largest absolute Gasteiger partial charge is 0.411 e. The molecule has 4 aromatic rings. The first-order chi connectivity index (χ1) is 18.1. The summed E-state index contributed by atoms with van der Waals surface area (Å²) in [7, 11) is 0. The average Bonchev–Trinajstić information content (AvgIpc) is 3.42. The predicted octanol–water partition coefficient (Wildman–Crippen LogP) is 4.13. The fourth-order valence-electron chi connectivity index (χ4n) is 4.10. The van der Waals surface area contributed by atoms with Crippen LogP contribution >= 0.6 is 11.8 Å². The van der Waals surface area contributed by atoms with E-state index in [1.54, 1.807) is 18.5 Å². The molecule has 188 valence electrons. The number of anilines is 2. The van der Waals surface area contributed by atoms with E-state index in [1.165, 1.54) is 11.8 Å². The van der Waals surface area contributed by atoms with E-state index in [9.17, 15) is 9.59 Å². The molecule has 37 heavy (non-hydrogen) atoms. The Balaban J connectivity index is 1.09. The molecule has 10 heteroatoms. The Labute approximate surface area is 218 Å². The summed E-state index contributed by atoms with van der Waals surface area (Å²) < 4.78 is 5.60. The Kier molecular flexibility index (Phi) is 7.46. The molecule has 1 aliphatic rings. The van der Waals surface area contributed by atoms with Crippen molar-refractivity contribution >= 4 is 35.0 Å². The van der Waals surface area contributed by atoms with Crippen LogP contribution in [0.1, 0.15) is 15.9 Å². The van der Waals surface area contributed by atoms with Gasteiger partial charge in [-0.2, -0.15) is 0 Å². The third-order valence-corrected chi connectivity index (χ3v) is 6.92. The SMILES string of the molecule is Cc1ccccc1C(=O)N1CCN(c2ccc(NC(=O)CSc3nnc(-c4cccnc4)o3)cc2)CC1. The van der Waals surface area contributed by atoms with Crippen molar-refractivity contribution in [3.05, 3.63) is 84.2 Å². The van der Waals surface area contributed by atoms with Crippen LogP contribution in [0.5, 0.6) is 0 Å². The van der Waals surface area contributed by atoms with E-state index in [1.807, 2.05) is 66.4 Å². The first-order valence-electron chi connectivity index (χ1n) is 11.9. The maximum absolute atomic E-state index is 12.9. The first kappa shape index (κ1) is 24.5. The minimum atomic E-state index is -0.165. The van der Waals surface area contributed by atoms with Crippen molar-refractivity contribution in [2.24, 2.45) is 0 Å². The van der Waals surface area contributed by atoms with Gasteiger partial charge in [-0.3, -0.25) is 14.6 Å². The number of piperazine rings is 1. The standard InChI is InChI=1S/C27H26N6O3S/c1-19-5-2-3-7-23(19)26(35)33-15-13-32(14-16-33)22-10-8-21(9-11-22)29-24(34)18-37-27-31-30-25(36-27)20-6-4-12-28-17-20/h2-12,17H,13-16,18H2,1H3,(H,29,34). The van der Waals surface area contributed by atoms with E-state index in [0.29, 0.717) is 29.9 Å². The lowest BCUT2D eigenvalue weighted by Gasteiger charge is -2.36. The smallest absolute Gasteiger partial charge is 0.277 e. The number of carbonyl (C=O) groups excluding carboxylic acids is 2. The number of carbonyl (C=O) groups is 2. The van der Waals surface area contributed by atoms with Gasteiger partial charge in [-0.05, 0) is 55.0 Å². The summed E-state index contributed by atoms with van der Waals surface area (Å²) >= 11 is 1.18. The lowest BCUT2D eigenvalue weighted by molar-refractivity contribution is -0.113. The number of amides is 2. The molecule has 0 aliphatic carbocycles. The number of rotatable bonds is 7. The molecule has 0 unspecified atom stereocenters. The van der Waals surface area contributed by atoms with E-state index >= 15 is 0 Å². The number of aromatic nitrogens is 3. The van der Waals surface area contributed by atoms with Crippen LogP contribution < -0.4 is 10.2 Å². The summed E-state index contributed by atoms with van der Waals surface area (Å²) in [5.41, 5.74) is 4.26. The number of thioether (sulfide) groups is 1. The highest BCUT2D eigenvalue weighted by molar-refractivity contribution is 7.99. The second kappa shape index (κ2) is 11.3. The molecule has 5 rings (SSSR count). The molecule has 0 radical (unpaired) electrons. The molecular formula is C27H26N6O3S. The molecule has 1 saturated heterocycles. The minimum absolute atomic E-state index is 0.0857. The molecule has 1 aliphatic heterocycles. The summed E-state index contributed by atoms with van der Waals surface area (Å²) in [5, 5.41) is 11.2. The van der Waals surface area contributed by atoms with E-state index in [2.05, 4.69) is 25.4 Å². The molecule has 0 saturated carbocycles. The first-order valence-corrected chi connectivity index (χ1v) is 12.9. The van der Waals surface area contributed by atoms with Crippen LogP contribution in [0.4, 0.5) is 11.4 Å². The molecule has 2 aromatic heterocycles. The van der Waals surface area contributed by atoms with Crippen molar-refractivity contribution < 1.29 is 14.0 Å². The fraction of sp³-hybridized carbons (Fsp3) is 0.222. The van der Waals surface area contributed by atoms with Gasteiger partial charge in [0, 0.05) is 55.5 Å². The van der Waals surface area contributed by atoms with E-state index < -0.39 is 0 Å². The van der Waals surface area contributed by atoms with E-state index in [4.69, 9.17) is 4.42 Å². The Morgan fingerprint density at radius 1 is 0.973 bits per heavy atom. The summed E-state index contributed by atoms with van der Waals surface area (Å²) in [6.07, 6.45) is 3.31. The third kappa shape index (κ3) is 5.97. The number of hydrogen-bond donors (Lipinski definition) is 1. The second-order valence-electron chi connectivity index (χ2n) is 8.59. The van der Waals surface area contributed by atoms with Gasteiger partial charge >= 0.3 is 0 Å². The van der Waals surface area contributed by atoms with Crippen LogP contribution in [0.25, 0.3) is 11.5 Å². The van der Waals surface area contributed by atoms with Crippen molar-refractivity contribution in [3.8, 4) is 11.5 Å². The highest BCUT2D eigenvalue weighted by Crippen LogP contribution is 2.24. The van der Waals surface area contributed by atoms with Crippen molar-refractivity contribution in [3.63, 3.8) is 0 Å². The minimum Gasteiger partial charge on any atom is -0.411 e. The molecular weight excluding hydrogens is 488 g/mol. The Morgan fingerprint density at radius 3 is 2.49 bits per heavy atom. The highest BCUT2D eigenvalue weighted by Gasteiger charge is 2.23. The van der Waals surface area contributed by atoms with Crippen molar-refractivity contribution in [2.45, 2.75) is 12.1 Å². The van der Waals surface area contributed by atoms with Crippen LogP contribution in [0, 0.1) is 6.92 Å². The summed E-state index contributed by atoms with van der Waals surface area (Å²) in [6, 6.07) is 19.1. The molecule has 0 spiro atoms. The van der Waals surface area contributed by atoms with Gasteiger partial charge in [-0.25, -0.2) is 0 Å². The molecule has 9 nitrogen and oxygen atoms in total. The molecule has 1 N–H and O–H groups in total. The molecule has 0 bridgehead atoms. The second-order valence-corrected chi connectivity index (χ2v) is 9.52. The van der Waals surface area contributed by atoms with Crippen LogP contribution in [-0.2, 0) is 4.79 Å². The zero-order valence-corrected chi connectivity index (χ0v) is 21.1. The lowest BCUT2D eigenvalue weighted by Crippen LogP contribution is -2.48. The van der Waals surface area contributed by atoms with Crippen LogP contribution in [0.3, 0.4) is 0 Å². The number of hydrogen-bond acceptors (Lipinski definition) is 8. The van der Waals surface area contributed by atoms with Crippen LogP contribution in [0.15, 0.2) is 82.7 Å². The number of pyridine rings is 1. The van der Waals surface area contributed by atoms with Crippen LogP contribution in [-0.4, -0.2) is 63.8 Å². The van der Waals surface area contributed by atoms with Gasteiger partial charge in [-0.15, -0.1) is 10.2 Å². The average molecular weight is 515 g/mol. The fourth-order valence-corrected chi connectivity index (χ4v) is 4.67. The zero-order valence-electron chi connectivity index (χ0n) is 20.3. The Hall–Kier alpha value is -4.18. The number of aryl methyl sites for hydroxylation is 1. The summed E-state index contributed by atoms with van der Waals surface area (Å²) in [6.45, 7) is 4.81. The highest BCUT2D eigenvalue weighted by atomic mass is 32.2. The zero-order chi connectivity index (χ0) is 25.6. The number of nitrogens with zero attached hydrogens (tertiary/aromatic N) is 5. The molecule has 1 fully saturated rings. The van der Waals surface area contributed by atoms with Crippen molar-refractivity contribution in [1.29, 1.82) is 0 Å². The Bertz CT molecular complexity index is 1370. The molecule has 0 atom stereocenters. The maximum atomic E-state index is 12.9. The quantitative estimate of drug-likeness (QED) is 0.367. The van der Waals surface area contributed by atoms with Gasteiger partial charge < -0.3 is 19.5 Å². The maximum Gasteiger partial charge on any atom is 0.277 e. The predicted molar refractivity (Wildman–Crippen MR) is 143 cm³/mol. The Morgan fingerprint density at radius 2 is 1.76 bits per heavy atom. The normalized spacial score (nSPS) is 13.4. The van der Waals surface area contributed by atoms with Gasteiger partial charge in [0.25, 0.3) is 11.1 Å². The van der Waals surface area contributed by atoms with E-state index in [-0.39, 0.29) is 17.6 Å². The molecule has 2 amide bonds. The molecule has 3 heterocycles. The third-order valence-electron chi connectivity index (χ3n) is 6.10. The van der Waals surface area contributed by atoms with Crippen molar-refractivity contribution in [2.75, 3.05) is 42.1 Å². The monoisotopic (exact) mass is 514 g/mol. The van der Waals surface area contributed by atoms with Gasteiger partial charge in [0.2, 0.25) is 11.8 Å². The number of nitrogens with one attached hydrogen (secondary N) is 1. The molecule has 2 aromatic carbocycles. The van der Waals surface area contributed by atoms with Gasteiger partial charge in [0.05, 0.1) is 11.3 Å². The number of benzene rings is 2. The summed E-state index contributed by atoms with van der Waals surface area (Å²) in [5.74, 6) is 0.435. The lowest BCUT2D eigenvalue weighted by atomic mass is 10.1. The van der Waals surface area contributed by atoms with Gasteiger partial charge in [0.1, 0.15) is 0 Å². The van der Waals surface area contributed by atoms with Gasteiger partial charge in [0.15, 0.2) is 0 Å². The van der Waals surface area contributed by atoms with Crippen molar-refractivity contribution in [1.82, 2.24) is 20.1 Å². The van der Waals surface area contributed by atoms with Gasteiger partial charge in [-0.1, -0.05) is 30.0 Å². The summed E-state index contributed by atoms with van der Waals surface area (Å²) in [4.78, 5) is 33.5.